The average molecular weight is 484 g/mol. The van der Waals surface area contributed by atoms with Crippen molar-refractivity contribution < 1.29 is 14.5 Å². The van der Waals surface area contributed by atoms with Gasteiger partial charge >= 0.3 is 0 Å². The van der Waals surface area contributed by atoms with Crippen LogP contribution in [0.5, 0.6) is 5.75 Å². The first kappa shape index (κ1) is 23.6. The zero-order chi connectivity index (χ0) is 25.4. The summed E-state index contributed by atoms with van der Waals surface area (Å²) in [4.78, 5) is 25.0. The number of nitro benzene ring substituents is 1. The summed E-state index contributed by atoms with van der Waals surface area (Å²) in [7, 11) is 0. The number of carbonyl (C=O) groups excluding carboxylic acids is 1. The molecule has 1 aliphatic carbocycles. The van der Waals surface area contributed by atoms with Crippen LogP contribution in [0.3, 0.4) is 0 Å². The quantitative estimate of drug-likeness (QED) is 0.311. The van der Waals surface area contributed by atoms with E-state index < -0.39 is 6.04 Å². The number of aryl methyl sites for hydroxylation is 1. The van der Waals surface area contributed by atoms with Crippen LogP contribution >= 0.6 is 0 Å². The smallest absolute Gasteiger partial charge is 0.272 e. The van der Waals surface area contributed by atoms with E-state index in [1.807, 2.05) is 68.4 Å². The Hall–Kier alpha value is -4.13. The average Bonchev–Trinajstić information content (AvgIpc) is 3.01. The van der Waals surface area contributed by atoms with Crippen LogP contribution in [0.1, 0.15) is 55.3 Å². The molecule has 0 amide bonds. The number of ketones is 1. The Labute approximate surface area is 210 Å². The van der Waals surface area contributed by atoms with Gasteiger partial charge in [0.2, 0.25) is 0 Å². The number of hydrogen-bond acceptors (Lipinski definition) is 6. The van der Waals surface area contributed by atoms with Crippen LogP contribution in [0, 0.1) is 17.0 Å². The Morgan fingerprint density at radius 2 is 1.67 bits per heavy atom. The van der Waals surface area contributed by atoms with Crippen molar-refractivity contribution in [2.75, 3.05) is 10.6 Å². The number of allylic oxidation sites excluding steroid dienone is 1. The fourth-order valence-electron chi connectivity index (χ4n) is 5.07. The molecule has 2 atom stereocenters. The summed E-state index contributed by atoms with van der Waals surface area (Å²) in [5.41, 5.74) is 5.63. The van der Waals surface area contributed by atoms with E-state index in [1.165, 1.54) is 0 Å². The summed E-state index contributed by atoms with van der Waals surface area (Å²) in [6.45, 7) is 5.70. The Balaban J connectivity index is 1.55. The molecule has 36 heavy (non-hydrogen) atoms. The Morgan fingerprint density at radius 1 is 0.972 bits per heavy atom. The molecular weight excluding hydrogens is 454 g/mol. The number of rotatable bonds is 5. The Bertz CT molecular complexity index is 1360. The third-order valence-corrected chi connectivity index (χ3v) is 6.80. The van der Waals surface area contributed by atoms with Crippen molar-refractivity contribution in [3.05, 3.63) is 105 Å². The maximum Gasteiger partial charge on any atom is 0.272 e. The monoisotopic (exact) mass is 483 g/mol. The third kappa shape index (κ3) is 4.56. The lowest BCUT2D eigenvalue weighted by molar-refractivity contribution is -0.385. The minimum absolute atomic E-state index is 0.0233. The van der Waals surface area contributed by atoms with Crippen LogP contribution < -0.4 is 15.4 Å². The van der Waals surface area contributed by atoms with E-state index in [0.29, 0.717) is 29.5 Å². The highest BCUT2D eigenvalue weighted by molar-refractivity contribution is 6.01. The lowest BCUT2D eigenvalue weighted by Gasteiger charge is -2.30. The second-order valence-electron chi connectivity index (χ2n) is 9.71. The molecule has 3 aromatic carbocycles. The van der Waals surface area contributed by atoms with Crippen molar-refractivity contribution in [2.45, 2.75) is 51.7 Å². The molecule has 0 saturated carbocycles. The van der Waals surface area contributed by atoms with Gasteiger partial charge in [-0.3, -0.25) is 14.9 Å². The molecule has 2 aliphatic rings. The number of Topliss-reactive ketones (excluding diaryl/α,β-unsaturated/α-hetero) is 1. The first-order valence-corrected chi connectivity index (χ1v) is 12.2. The molecule has 2 unspecified atom stereocenters. The fourth-order valence-corrected chi connectivity index (χ4v) is 5.07. The summed E-state index contributed by atoms with van der Waals surface area (Å²) >= 11 is 0. The van der Waals surface area contributed by atoms with Crippen molar-refractivity contribution >= 4 is 22.8 Å². The van der Waals surface area contributed by atoms with Gasteiger partial charge in [0.1, 0.15) is 5.75 Å². The number of carbonyl (C=O) groups is 1. The van der Waals surface area contributed by atoms with E-state index in [4.69, 9.17) is 4.74 Å². The van der Waals surface area contributed by atoms with Gasteiger partial charge in [-0.1, -0.05) is 36.4 Å². The summed E-state index contributed by atoms with van der Waals surface area (Å²) < 4.78 is 5.77. The number of benzene rings is 3. The number of nitrogens with zero attached hydrogens (tertiary/aromatic N) is 1. The highest BCUT2D eigenvalue weighted by atomic mass is 16.6. The second kappa shape index (κ2) is 9.49. The molecule has 1 aliphatic heterocycles. The van der Waals surface area contributed by atoms with Crippen molar-refractivity contribution in [2.24, 2.45) is 0 Å². The van der Waals surface area contributed by atoms with Gasteiger partial charge in [-0.2, -0.15) is 0 Å². The minimum Gasteiger partial charge on any atom is -0.491 e. The number of fused-ring (bicyclic) bond motifs is 1. The third-order valence-electron chi connectivity index (χ3n) is 6.80. The standard InChI is InChI=1S/C29H29N3O4/c1-17(2)36-22-12-10-19(11-13-22)21-14-25-28(27(33)16-21)29(31-24-7-5-4-6-23(24)30-25)20-9-8-18(3)26(15-20)32(34)35/h4-13,15,17,21,29-31H,14,16H2,1-3H3. The number of hydrogen-bond donors (Lipinski definition) is 2. The lowest BCUT2D eigenvalue weighted by atomic mass is 9.78. The topological polar surface area (TPSA) is 93.5 Å². The fraction of sp³-hybridized carbons (Fsp3) is 0.276. The van der Waals surface area contributed by atoms with Crippen LogP contribution in [-0.2, 0) is 4.79 Å². The molecule has 0 spiro atoms. The largest absolute Gasteiger partial charge is 0.491 e. The van der Waals surface area contributed by atoms with Gasteiger partial charge in [0.25, 0.3) is 5.69 Å². The predicted octanol–water partition coefficient (Wildman–Crippen LogP) is 6.67. The maximum absolute atomic E-state index is 13.7. The van der Waals surface area contributed by atoms with Crippen LogP contribution in [0.4, 0.5) is 17.1 Å². The van der Waals surface area contributed by atoms with E-state index in [0.717, 1.165) is 28.4 Å². The zero-order valence-electron chi connectivity index (χ0n) is 20.6. The molecule has 5 rings (SSSR count). The van der Waals surface area contributed by atoms with Gasteiger partial charge in [-0.15, -0.1) is 0 Å². The van der Waals surface area contributed by atoms with Gasteiger partial charge in [0.15, 0.2) is 5.78 Å². The summed E-state index contributed by atoms with van der Waals surface area (Å²) in [5, 5.41) is 18.6. The number of anilines is 2. The van der Waals surface area contributed by atoms with Gasteiger partial charge in [0, 0.05) is 29.3 Å². The van der Waals surface area contributed by atoms with Gasteiger partial charge in [0.05, 0.1) is 28.4 Å². The van der Waals surface area contributed by atoms with Crippen molar-refractivity contribution in [1.29, 1.82) is 0 Å². The predicted molar refractivity (Wildman–Crippen MR) is 140 cm³/mol. The minimum atomic E-state index is -0.495. The zero-order valence-corrected chi connectivity index (χ0v) is 20.6. The highest BCUT2D eigenvalue weighted by Gasteiger charge is 2.36. The van der Waals surface area contributed by atoms with Crippen molar-refractivity contribution in [1.82, 2.24) is 0 Å². The molecule has 0 bridgehead atoms. The van der Waals surface area contributed by atoms with Gasteiger partial charge in [-0.25, -0.2) is 0 Å². The molecule has 0 aromatic heterocycles. The van der Waals surface area contributed by atoms with E-state index >= 15 is 0 Å². The number of nitrogens with one attached hydrogen (secondary N) is 2. The summed E-state index contributed by atoms with van der Waals surface area (Å²) in [6, 6.07) is 20.5. The van der Waals surface area contributed by atoms with E-state index in [2.05, 4.69) is 10.6 Å². The number of ether oxygens (including phenoxy) is 1. The first-order chi connectivity index (χ1) is 17.3. The van der Waals surface area contributed by atoms with Gasteiger partial charge < -0.3 is 15.4 Å². The van der Waals surface area contributed by atoms with E-state index in [-0.39, 0.29) is 28.4 Å². The second-order valence-corrected chi connectivity index (χ2v) is 9.71. The molecule has 7 heteroatoms. The molecule has 3 aromatic rings. The molecule has 184 valence electrons. The molecule has 7 nitrogen and oxygen atoms in total. The normalized spacial score (nSPS) is 19.1. The van der Waals surface area contributed by atoms with Crippen LogP contribution in [0.15, 0.2) is 78.0 Å². The Morgan fingerprint density at radius 3 is 2.36 bits per heavy atom. The number of para-hydroxylation sites is 2. The summed E-state index contributed by atoms with van der Waals surface area (Å²) in [6.07, 6.45) is 1.12. The van der Waals surface area contributed by atoms with Crippen LogP contribution in [-0.4, -0.2) is 16.8 Å². The Kier molecular flexibility index (Phi) is 6.22. The molecule has 0 fully saturated rings. The van der Waals surface area contributed by atoms with E-state index in [1.54, 1.807) is 19.1 Å². The van der Waals surface area contributed by atoms with Crippen molar-refractivity contribution in [3.63, 3.8) is 0 Å². The van der Waals surface area contributed by atoms with Gasteiger partial charge in [-0.05, 0) is 68.5 Å². The van der Waals surface area contributed by atoms with Crippen LogP contribution in [0.25, 0.3) is 0 Å². The van der Waals surface area contributed by atoms with Crippen LogP contribution in [0.2, 0.25) is 0 Å². The van der Waals surface area contributed by atoms with E-state index in [9.17, 15) is 14.9 Å². The number of nitro groups is 1. The molecule has 2 N–H and O–H groups in total. The first-order valence-electron chi connectivity index (χ1n) is 12.2. The molecule has 0 saturated heterocycles. The lowest BCUT2D eigenvalue weighted by Crippen LogP contribution is -2.27. The molecule has 1 heterocycles. The molecular formula is C29H29N3O4. The SMILES string of the molecule is Cc1ccc(C2Nc3ccccc3NC3=C2C(=O)CC(c2ccc(OC(C)C)cc2)C3)cc1[N+](=O)[O-]. The molecule has 0 radical (unpaired) electrons. The summed E-state index contributed by atoms with van der Waals surface area (Å²) in [5.74, 6) is 0.863. The highest BCUT2D eigenvalue weighted by Crippen LogP contribution is 2.44. The maximum atomic E-state index is 13.7. The van der Waals surface area contributed by atoms with Crippen molar-refractivity contribution in [3.8, 4) is 5.75 Å².